The maximum absolute atomic E-state index is 11.7. The number of nitrogens with zero attached hydrogens (tertiary/aromatic N) is 3. The Hall–Kier alpha value is -1.89. The lowest BCUT2D eigenvalue weighted by molar-refractivity contribution is 0.0519. The van der Waals surface area contributed by atoms with Gasteiger partial charge in [0, 0.05) is 18.1 Å². The van der Waals surface area contributed by atoms with Crippen molar-refractivity contribution < 1.29 is 9.53 Å². The van der Waals surface area contributed by atoms with E-state index in [-0.39, 0.29) is 5.97 Å². The maximum atomic E-state index is 11.7. The summed E-state index contributed by atoms with van der Waals surface area (Å²) in [4.78, 5) is 16.9. The normalized spacial score (nSPS) is 10.6. The van der Waals surface area contributed by atoms with Crippen LogP contribution >= 0.6 is 11.3 Å². The van der Waals surface area contributed by atoms with Crippen molar-refractivity contribution in [2.75, 3.05) is 11.9 Å². The summed E-state index contributed by atoms with van der Waals surface area (Å²) < 4.78 is 6.74. The van der Waals surface area contributed by atoms with Crippen LogP contribution in [0.3, 0.4) is 0 Å². The minimum Gasteiger partial charge on any atom is -0.461 e. The lowest BCUT2D eigenvalue weighted by Crippen LogP contribution is -2.06. The third kappa shape index (κ3) is 2.98. The number of anilines is 2. The number of nitrogens with one attached hydrogen (secondary N) is 1. The van der Waals surface area contributed by atoms with Crippen LogP contribution in [0.25, 0.3) is 0 Å². The molecule has 0 saturated carbocycles. The van der Waals surface area contributed by atoms with E-state index in [9.17, 15) is 4.79 Å². The second kappa shape index (κ2) is 6.04. The summed E-state index contributed by atoms with van der Waals surface area (Å²) in [6.45, 7) is 6.03. The van der Waals surface area contributed by atoms with Crippen LogP contribution in [-0.4, -0.2) is 27.3 Å². The van der Waals surface area contributed by atoms with Gasteiger partial charge in [-0.25, -0.2) is 9.78 Å². The van der Waals surface area contributed by atoms with Gasteiger partial charge < -0.3 is 10.1 Å². The number of thiazole rings is 1. The molecule has 6 nitrogen and oxygen atoms in total. The number of hydrogen-bond acceptors (Lipinski definition) is 6. The Labute approximate surface area is 121 Å². The van der Waals surface area contributed by atoms with Gasteiger partial charge in [-0.05, 0) is 20.3 Å². The van der Waals surface area contributed by atoms with Gasteiger partial charge in [-0.15, -0.1) is 11.3 Å². The summed E-state index contributed by atoms with van der Waals surface area (Å²) in [5.74, 6) is -0.379. The molecule has 0 aromatic carbocycles. The summed E-state index contributed by atoms with van der Waals surface area (Å²) >= 11 is 1.43. The zero-order valence-electron chi connectivity index (χ0n) is 12.1. The Morgan fingerprint density at radius 3 is 2.90 bits per heavy atom. The number of carbonyl (C=O) groups is 1. The molecule has 0 unspecified atom stereocenters. The van der Waals surface area contributed by atoms with Crippen LogP contribution in [0.4, 0.5) is 10.8 Å². The average molecular weight is 294 g/mol. The van der Waals surface area contributed by atoms with Crippen molar-refractivity contribution in [1.29, 1.82) is 0 Å². The second-order valence-electron chi connectivity index (χ2n) is 4.29. The van der Waals surface area contributed by atoms with Gasteiger partial charge >= 0.3 is 5.97 Å². The molecule has 2 aromatic heterocycles. The Kier molecular flexibility index (Phi) is 4.39. The first-order valence-corrected chi connectivity index (χ1v) is 7.30. The molecule has 2 heterocycles. The highest BCUT2D eigenvalue weighted by atomic mass is 32.1. The summed E-state index contributed by atoms with van der Waals surface area (Å²) in [6.07, 6.45) is 2.73. The van der Waals surface area contributed by atoms with Gasteiger partial charge in [0.05, 0.1) is 18.0 Å². The van der Waals surface area contributed by atoms with Gasteiger partial charge in [-0.1, -0.05) is 6.92 Å². The van der Waals surface area contributed by atoms with Gasteiger partial charge in [-0.3, -0.25) is 4.68 Å². The summed E-state index contributed by atoms with van der Waals surface area (Å²) in [5.41, 5.74) is 2.26. The molecule has 0 atom stereocenters. The van der Waals surface area contributed by atoms with Crippen LogP contribution in [0.1, 0.15) is 34.9 Å². The van der Waals surface area contributed by atoms with Crippen molar-refractivity contribution in [3.63, 3.8) is 0 Å². The van der Waals surface area contributed by atoms with E-state index in [1.54, 1.807) is 11.6 Å². The number of aryl methyl sites for hydroxylation is 3. The number of hydrogen-bond donors (Lipinski definition) is 1. The van der Waals surface area contributed by atoms with E-state index in [1.165, 1.54) is 11.3 Å². The van der Waals surface area contributed by atoms with Crippen LogP contribution in [0, 0.1) is 6.92 Å². The van der Waals surface area contributed by atoms with E-state index in [4.69, 9.17) is 4.74 Å². The van der Waals surface area contributed by atoms with E-state index in [2.05, 4.69) is 15.4 Å². The van der Waals surface area contributed by atoms with Crippen molar-refractivity contribution in [2.24, 2.45) is 7.05 Å². The smallest absolute Gasteiger partial charge is 0.358 e. The molecular formula is C13H18N4O2S. The van der Waals surface area contributed by atoms with Gasteiger partial charge in [0.1, 0.15) is 0 Å². The molecule has 0 amide bonds. The highest BCUT2D eigenvalue weighted by molar-refractivity contribution is 7.15. The lowest BCUT2D eigenvalue weighted by Gasteiger charge is -2.00. The molecule has 0 radical (unpaired) electrons. The van der Waals surface area contributed by atoms with Gasteiger partial charge in [0.15, 0.2) is 10.8 Å². The first kappa shape index (κ1) is 14.5. The summed E-state index contributed by atoms with van der Waals surface area (Å²) in [5, 5.41) is 8.25. The molecule has 0 bridgehead atoms. The number of esters is 1. The van der Waals surface area contributed by atoms with Crippen molar-refractivity contribution >= 4 is 28.1 Å². The topological polar surface area (TPSA) is 69.0 Å². The summed E-state index contributed by atoms with van der Waals surface area (Å²) in [6, 6.07) is 0. The minimum absolute atomic E-state index is 0.348. The molecule has 2 aromatic rings. The zero-order valence-corrected chi connectivity index (χ0v) is 12.9. The molecule has 0 saturated heterocycles. The number of ether oxygens (including phenoxy) is 1. The fraction of sp³-hybridized carbons (Fsp3) is 0.462. The average Bonchev–Trinajstić information content (AvgIpc) is 2.93. The Balaban J connectivity index is 2.22. The van der Waals surface area contributed by atoms with E-state index in [1.807, 2.05) is 27.1 Å². The first-order valence-electron chi connectivity index (χ1n) is 6.49. The molecule has 1 N–H and O–H groups in total. The monoisotopic (exact) mass is 294 g/mol. The SMILES string of the molecule is CCOC(=O)c1nc(Nc2cn(C)nc2CC)sc1C. The fourth-order valence-corrected chi connectivity index (χ4v) is 2.67. The third-order valence-electron chi connectivity index (χ3n) is 2.75. The first-order chi connectivity index (χ1) is 9.55. The second-order valence-corrected chi connectivity index (χ2v) is 5.49. The Morgan fingerprint density at radius 1 is 1.50 bits per heavy atom. The van der Waals surface area contributed by atoms with Crippen LogP contribution in [0.5, 0.6) is 0 Å². The van der Waals surface area contributed by atoms with Crippen LogP contribution < -0.4 is 5.32 Å². The van der Waals surface area contributed by atoms with E-state index >= 15 is 0 Å². The highest BCUT2D eigenvalue weighted by Crippen LogP contribution is 2.27. The minimum atomic E-state index is -0.379. The lowest BCUT2D eigenvalue weighted by atomic mass is 10.3. The van der Waals surface area contributed by atoms with Gasteiger partial charge in [0.25, 0.3) is 0 Å². The molecule has 2 rings (SSSR count). The molecule has 0 aliphatic heterocycles. The predicted octanol–water partition coefficient (Wildman–Crippen LogP) is 2.67. The molecular weight excluding hydrogens is 276 g/mol. The van der Waals surface area contributed by atoms with Crippen molar-refractivity contribution in [1.82, 2.24) is 14.8 Å². The standard InChI is InChI=1S/C13H18N4O2S/c1-5-9-10(7-17(4)16-9)14-13-15-11(8(3)20-13)12(18)19-6-2/h7H,5-6H2,1-4H3,(H,14,15). The number of rotatable bonds is 5. The van der Waals surface area contributed by atoms with E-state index in [0.717, 1.165) is 22.7 Å². The zero-order chi connectivity index (χ0) is 14.7. The molecule has 0 aliphatic carbocycles. The Morgan fingerprint density at radius 2 is 2.25 bits per heavy atom. The quantitative estimate of drug-likeness (QED) is 0.859. The molecule has 0 aliphatic rings. The molecule has 0 fully saturated rings. The largest absolute Gasteiger partial charge is 0.461 e. The fourth-order valence-electron chi connectivity index (χ4n) is 1.85. The van der Waals surface area contributed by atoms with Crippen LogP contribution in [0.15, 0.2) is 6.20 Å². The van der Waals surface area contributed by atoms with Crippen LogP contribution in [-0.2, 0) is 18.2 Å². The van der Waals surface area contributed by atoms with Gasteiger partial charge in [-0.2, -0.15) is 5.10 Å². The molecule has 7 heteroatoms. The third-order valence-corrected chi connectivity index (χ3v) is 3.63. The van der Waals surface area contributed by atoms with E-state index < -0.39 is 0 Å². The highest BCUT2D eigenvalue weighted by Gasteiger charge is 2.17. The molecule has 108 valence electrons. The molecule has 0 spiro atoms. The predicted molar refractivity (Wildman–Crippen MR) is 78.7 cm³/mol. The number of carbonyl (C=O) groups excluding carboxylic acids is 1. The van der Waals surface area contributed by atoms with Crippen molar-refractivity contribution in [2.45, 2.75) is 27.2 Å². The maximum Gasteiger partial charge on any atom is 0.358 e. The molecule has 20 heavy (non-hydrogen) atoms. The van der Waals surface area contributed by atoms with Gasteiger partial charge in [0.2, 0.25) is 0 Å². The van der Waals surface area contributed by atoms with Crippen molar-refractivity contribution in [3.8, 4) is 0 Å². The van der Waals surface area contributed by atoms with Crippen LogP contribution in [0.2, 0.25) is 0 Å². The van der Waals surface area contributed by atoms with Crippen molar-refractivity contribution in [3.05, 3.63) is 22.5 Å². The Bertz CT molecular complexity index is 618. The summed E-state index contributed by atoms with van der Waals surface area (Å²) in [7, 11) is 1.88. The van der Waals surface area contributed by atoms with E-state index in [0.29, 0.717) is 17.4 Å². The number of aromatic nitrogens is 3.